The average Bonchev–Trinajstić information content (AvgIpc) is 2.53. The van der Waals surface area contributed by atoms with E-state index in [1.54, 1.807) is 7.11 Å². The van der Waals surface area contributed by atoms with Gasteiger partial charge in [-0.15, -0.1) is 0 Å². The van der Waals surface area contributed by atoms with E-state index in [9.17, 15) is 4.79 Å². The number of likely N-dealkylation sites (tertiary alicyclic amines) is 1. The van der Waals surface area contributed by atoms with Crippen molar-refractivity contribution >= 4 is 5.91 Å². The van der Waals surface area contributed by atoms with Gasteiger partial charge < -0.3 is 15.4 Å². The third-order valence-corrected chi connectivity index (χ3v) is 4.03. The van der Waals surface area contributed by atoms with Crippen molar-refractivity contribution in [2.24, 2.45) is 5.73 Å². The molecular weight excluding hydrogens is 252 g/mol. The highest BCUT2D eigenvalue weighted by Crippen LogP contribution is 2.29. The molecule has 4 heteroatoms. The Morgan fingerprint density at radius 3 is 2.50 bits per heavy atom. The number of hydrogen-bond acceptors (Lipinski definition) is 3. The second-order valence-electron chi connectivity index (χ2n) is 5.32. The Morgan fingerprint density at radius 1 is 1.30 bits per heavy atom. The van der Waals surface area contributed by atoms with Crippen LogP contribution in [-0.2, 0) is 4.79 Å². The molecule has 0 aliphatic carbocycles. The molecule has 1 aliphatic heterocycles. The van der Waals surface area contributed by atoms with Crippen LogP contribution < -0.4 is 10.5 Å². The zero-order chi connectivity index (χ0) is 14.4. The van der Waals surface area contributed by atoms with E-state index in [1.165, 1.54) is 5.56 Å². The van der Waals surface area contributed by atoms with Crippen LogP contribution in [0.1, 0.15) is 37.2 Å². The van der Waals surface area contributed by atoms with E-state index in [0.29, 0.717) is 18.9 Å². The lowest BCUT2D eigenvalue weighted by molar-refractivity contribution is -0.132. The number of methoxy groups -OCH3 is 1. The summed E-state index contributed by atoms with van der Waals surface area (Å²) in [6, 6.07) is 8.28. The summed E-state index contributed by atoms with van der Waals surface area (Å²) in [7, 11) is 1.68. The third-order valence-electron chi connectivity index (χ3n) is 4.03. The maximum absolute atomic E-state index is 11.9. The van der Waals surface area contributed by atoms with Crippen molar-refractivity contribution in [1.82, 2.24) is 4.90 Å². The molecule has 1 amide bonds. The Hall–Kier alpha value is -1.55. The lowest BCUT2D eigenvalue weighted by Crippen LogP contribution is -2.38. The Balaban J connectivity index is 1.85. The van der Waals surface area contributed by atoms with Crippen LogP contribution in [-0.4, -0.2) is 37.6 Å². The predicted molar refractivity (Wildman–Crippen MR) is 79.8 cm³/mol. The Morgan fingerprint density at radius 2 is 1.95 bits per heavy atom. The molecule has 110 valence electrons. The van der Waals surface area contributed by atoms with Gasteiger partial charge in [-0.1, -0.05) is 12.1 Å². The maximum atomic E-state index is 11.9. The first-order chi connectivity index (χ1) is 9.74. The Kier molecular flexibility index (Phi) is 5.41. The molecule has 0 spiro atoms. The van der Waals surface area contributed by atoms with Gasteiger partial charge in [0.05, 0.1) is 7.11 Å². The summed E-state index contributed by atoms with van der Waals surface area (Å²) >= 11 is 0. The second-order valence-corrected chi connectivity index (χ2v) is 5.32. The second kappa shape index (κ2) is 7.29. The zero-order valence-electron chi connectivity index (χ0n) is 12.2. The largest absolute Gasteiger partial charge is 0.497 e. The SMILES string of the molecule is COc1ccc(C2CCN(C(=O)CCCN)CC2)cc1. The minimum Gasteiger partial charge on any atom is -0.497 e. The summed E-state index contributed by atoms with van der Waals surface area (Å²) in [5.41, 5.74) is 6.79. The fraction of sp³-hybridized carbons (Fsp3) is 0.562. The molecule has 20 heavy (non-hydrogen) atoms. The number of carbonyl (C=O) groups excluding carboxylic acids is 1. The highest BCUT2D eigenvalue weighted by atomic mass is 16.5. The van der Waals surface area contributed by atoms with Crippen molar-refractivity contribution in [3.8, 4) is 5.75 Å². The summed E-state index contributed by atoms with van der Waals surface area (Å²) in [4.78, 5) is 13.9. The van der Waals surface area contributed by atoms with Crippen LogP contribution in [0.2, 0.25) is 0 Å². The number of piperidine rings is 1. The van der Waals surface area contributed by atoms with Crippen LogP contribution >= 0.6 is 0 Å². The molecule has 0 aromatic heterocycles. The van der Waals surface area contributed by atoms with E-state index in [-0.39, 0.29) is 5.91 Å². The molecule has 1 aliphatic rings. The van der Waals surface area contributed by atoms with Crippen molar-refractivity contribution in [3.05, 3.63) is 29.8 Å². The number of ether oxygens (including phenoxy) is 1. The molecule has 4 nitrogen and oxygen atoms in total. The molecule has 0 saturated carbocycles. The maximum Gasteiger partial charge on any atom is 0.222 e. The first kappa shape index (κ1) is 14.9. The smallest absolute Gasteiger partial charge is 0.222 e. The molecule has 1 heterocycles. The van der Waals surface area contributed by atoms with Crippen LogP contribution in [0, 0.1) is 0 Å². The topological polar surface area (TPSA) is 55.6 Å². The monoisotopic (exact) mass is 276 g/mol. The molecule has 0 bridgehead atoms. The van der Waals surface area contributed by atoms with Gasteiger partial charge in [0.2, 0.25) is 5.91 Å². The number of amides is 1. The van der Waals surface area contributed by atoms with Crippen LogP contribution in [0.3, 0.4) is 0 Å². The summed E-state index contributed by atoms with van der Waals surface area (Å²) in [6.07, 6.45) is 3.46. The van der Waals surface area contributed by atoms with Crippen molar-refractivity contribution in [3.63, 3.8) is 0 Å². The van der Waals surface area contributed by atoms with E-state index in [4.69, 9.17) is 10.5 Å². The van der Waals surface area contributed by atoms with E-state index in [0.717, 1.165) is 38.1 Å². The Labute approximate surface area is 120 Å². The van der Waals surface area contributed by atoms with Crippen molar-refractivity contribution in [1.29, 1.82) is 0 Å². The molecule has 2 rings (SSSR count). The summed E-state index contributed by atoms with van der Waals surface area (Å²) in [6.45, 7) is 2.31. The van der Waals surface area contributed by atoms with E-state index >= 15 is 0 Å². The molecule has 1 saturated heterocycles. The van der Waals surface area contributed by atoms with Gasteiger partial charge in [-0.05, 0) is 49.4 Å². The highest BCUT2D eigenvalue weighted by molar-refractivity contribution is 5.76. The van der Waals surface area contributed by atoms with Crippen LogP contribution in [0.5, 0.6) is 5.75 Å². The minimum atomic E-state index is 0.253. The van der Waals surface area contributed by atoms with Crippen molar-refractivity contribution < 1.29 is 9.53 Å². The summed E-state index contributed by atoms with van der Waals surface area (Å²) in [5, 5.41) is 0. The van der Waals surface area contributed by atoms with E-state index < -0.39 is 0 Å². The number of nitrogens with two attached hydrogens (primary N) is 1. The van der Waals surface area contributed by atoms with Crippen LogP contribution in [0.15, 0.2) is 24.3 Å². The third kappa shape index (κ3) is 3.73. The van der Waals surface area contributed by atoms with Crippen LogP contribution in [0.4, 0.5) is 0 Å². The normalized spacial score (nSPS) is 16.2. The molecule has 2 N–H and O–H groups in total. The number of carbonyl (C=O) groups is 1. The minimum absolute atomic E-state index is 0.253. The van der Waals surface area contributed by atoms with Gasteiger partial charge >= 0.3 is 0 Å². The van der Waals surface area contributed by atoms with Crippen molar-refractivity contribution in [2.45, 2.75) is 31.6 Å². The standard InChI is InChI=1S/C16H24N2O2/c1-20-15-6-4-13(5-7-15)14-8-11-18(12-9-14)16(19)3-2-10-17/h4-7,14H,2-3,8-12,17H2,1H3. The van der Waals surface area contributed by atoms with Gasteiger partial charge in [0.15, 0.2) is 0 Å². The number of nitrogens with zero attached hydrogens (tertiary/aromatic N) is 1. The molecule has 0 radical (unpaired) electrons. The lowest BCUT2D eigenvalue weighted by atomic mass is 9.89. The average molecular weight is 276 g/mol. The predicted octanol–water partition coefficient (Wildman–Crippen LogP) is 2.14. The van der Waals surface area contributed by atoms with Crippen molar-refractivity contribution in [2.75, 3.05) is 26.7 Å². The number of benzene rings is 1. The fourth-order valence-electron chi connectivity index (χ4n) is 2.75. The Bertz CT molecular complexity index is 423. The molecular formula is C16H24N2O2. The van der Waals surface area contributed by atoms with Gasteiger partial charge in [0, 0.05) is 19.5 Å². The van der Waals surface area contributed by atoms with Crippen LogP contribution in [0.25, 0.3) is 0 Å². The molecule has 1 fully saturated rings. The van der Waals surface area contributed by atoms with Gasteiger partial charge in [0.1, 0.15) is 5.75 Å². The van der Waals surface area contributed by atoms with Gasteiger partial charge in [0.25, 0.3) is 0 Å². The van der Waals surface area contributed by atoms with E-state index in [1.807, 2.05) is 17.0 Å². The fourth-order valence-corrected chi connectivity index (χ4v) is 2.75. The lowest BCUT2D eigenvalue weighted by Gasteiger charge is -2.32. The quantitative estimate of drug-likeness (QED) is 0.896. The molecule has 0 atom stereocenters. The molecule has 1 aromatic rings. The first-order valence-electron chi connectivity index (χ1n) is 7.36. The molecule has 0 unspecified atom stereocenters. The zero-order valence-corrected chi connectivity index (χ0v) is 12.2. The highest BCUT2D eigenvalue weighted by Gasteiger charge is 2.23. The summed E-state index contributed by atoms with van der Waals surface area (Å²) < 4.78 is 5.18. The summed E-state index contributed by atoms with van der Waals surface area (Å²) in [5.74, 6) is 1.70. The van der Waals surface area contributed by atoms with E-state index in [2.05, 4.69) is 12.1 Å². The van der Waals surface area contributed by atoms with Gasteiger partial charge in [-0.3, -0.25) is 4.79 Å². The van der Waals surface area contributed by atoms with Gasteiger partial charge in [-0.2, -0.15) is 0 Å². The number of rotatable bonds is 5. The first-order valence-corrected chi connectivity index (χ1v) is 7.36. The molecule has 1 aromatic carbocycles. The van der Waals surface area contributed by atoms with Gasteiger partial charge in [-0.25, -0.2) is 0 Å². The number of hydrogen-bond donors (Lipinski definition) is 1.